The zero-order valence-corrected chi connectivity index (χ0v) is 11.9. The second-order valence-corrected chi connectivity index (χ2v) is 5.85. The van der Waals surface area contributed by atoms with Crippen molar-refractivity contribution in [2.75, 3.05) is 0 Å². The molecule has 0 atom stereocenters. The lowest BCUT2D eigenvalue weighted by atomic mass is 9.94. The Morgan fingerprint density at radius 1 is 1.15 bits per heavy atom. The first kappa shape index (κ1) is 12.7. The van der Waals surface area contributed by atoms with Crippen molar-refractivity contribution in [2.24, 2.45) is 0 Å². The van der Waals surface area contributed by atoms with Crippen molar-refractivity contribution < 1.29 is 4.42 Å². The van der Waals surface area contributed by atoms with E-state index in [9.17, 15) is 0 Å². The molecule has 0 spiro atoms. The molecular formula is C15H18N4O. The highest BCUT2D eigenvalue weighted by Gasteiger charge is 2.19. The van der Waals surface area contributed by atoms with Gasteiger partial charge in [0.2, 0.25) is 5.89 Å². The van der Waals surface area contributed by atoms with E-state index in [1.165, 1.54) is 0 Å². The normalized spacial score (nSPS) is 11.9. The predicted molar refractivity (Wildman–Crippen MR) is 75.9 cm³/mol. The number of nitrogens with zero attached hydrogens (tertiary/aromatic N) is 4. The predicted octanol–water partition coefficient (Wildman–Crippen LogP) is 3.01. The highest BCUT2D eigenvalue weighted by atomic mass is 16.4. The fourth-order valence-corrected chi connectivity index (χ4v) is 1.95. The Labute approximate surface area is 117 Å². The lowest BCUT2D eigenvalue weighted by molar-refractivity contribution is 0.372. The summed E-state index contributed by atoms with van der Waals surface area (Å²) in [6, 6.07) is 3.97. The standard InChI is InChI=1S/C15H18N4O/c1-15(2,3)13-9-16-14(20-13)11-19-10-12(8-17-19)18-6-4-5-7-18/h4-10H,11H2,1-3H3. The van der Waals surface area contributed by atoms with E-state index in [0.29, 0.717) is 12.4 Å². The minimum absolute atomic E-state index is 0.0222. The minimum atomic E-state index is -0.0222. The van der Waals surface area contributed by atoms with Crippen molar-refractivity contribution in [2.45, 2.75) is 32.7 Å². The average molecular weight is 270 g/mol. The van der Waals surface area contributed by atoms with Gasteiger partial charge in [-0.3, -0.25) is 4.68 Å². The number of aromatic nitrogens is 4. The maximum Gasteiger partial charge on any atom is 0.216 e. The van der Waals surface area contributed by atoms with Crippen LogP contribution in [0.25, 0.3) is 5.69 Å². The molecule has 0 unspecified atom stereocenters. The zero-order chi connectivity index (χ0) is 14.2. The van der Waals surface area contributed by atoms with Gasteiger partial charge in [-0.15, -0.1) is 0 Å². The van der Waals surface area contributed by atoms with Crippen LogP contribution in [0.1, 0.15) is 32.4 Å². The summed E-state index contributed by atoms with van der Waals surface area (Å²) in [7, 11) is 0. The Balaban J connectivity index is 1.77. The van der Waals surface area contributed by atoms with Gasteiger partial charge in [0.25, 0.3) is 0 Å². The van der Waals surface area contributed by atoms with Crippen LogP contribution in [0.5, 0.6) is 0 Å². The smallest absolute Gasteiger partial charge is 0.216 e. The van der Waals surface area contributed by atoms with Crippen molar-refractivity contribution >= 4 is 0 Å². The van der Waals surface area contributed by atoms with E-state index in [0.717, 1.165) is 11.4 Å². The maximum absolute atomic E-state index is 5.77. The van der Waals surface area contributed by atoms with Crippen molar-refractivity contribution in [3.63, 3.8) is 0 Å². The van der Waals surface area contributed by atoms with E-state index in [1.54, 1.807) is 6.20 Å². The third kappa shape index (κ3) is 2.52. The van der Waals surface area contributed by atoms with E-state index >= 15 is 0 Å². The van der Waals surface area contributed by atoms with Crippen LogP contribution < -0.4 is 0 Å². The Morgan fingerprint density at radius 3 is 2.55 bits per heavy atom. The molecule has 0 bridgehead atoms. The largest absolute Gasteiger partial charge is 0.443 e. The molecule has 104 valence electrons. The van der Waals surface area contributed by atoms with Gasteiger partial charge in [-0.25, -0.2) is 4.98 Å². The van der Waals surface area contributed by atoms with Gasteiger partial charge in [-0.2, -0.15) is 5.10 Å². The highest BCUT2D eigenvalue weighted by Crippen LogP contribution is 2.22. The minimum Gasteiger partial charge on any atom is -0.443 e. The molecule has 0 saturated carbocycles. The molecule has 0 aliphatic rings. The van der Waals surface area contributed by atoms with Gasteiger partial charge in [0, 0.05) is 24.0 Å². The van der Waals surface area contributed by atoms with Crippen LogP contribution in [0.2, 0.25) is 0 Å². The summed E-state index contributed by atoms with van der Waals surface area (Å²) in [5, 5.41) is 4.33. The highest BCUT2D eigenvalue weighted by molar-refractivity contribution is 5.26. The first-order chi connectivity index (χ1) is 9.52. The Morgan fingerprint density at radius 2 is 1.90 bits per heavy atom. The van der Waals surface area contributed by atoms with E-state index in [2.05, 4.69) is 30.9 Å². The average Bonchev–Trinajstić information content (AvgIpc) is 3.08. The van der Waals surface area contributed by atoms with Gasteiger partial charge in [-0.1, -0.05) is 20.8 Å². The molecule has 0 amide bonds. The Bertz CT molecular complexity index is 686. The molecule has 0 aliphatic carbocycles. The van der Waals surface area contributed by atoms with Gasteiger partial charge >= 0.3 is 0 Å². The van der Waals surface area contributed by atoms with Crippen molar-refractivity contribution in [1.29, 1.82) is 0 Å². The molecule has 0 N–H and O–H groups in total. The second-order valence-electron chi connectivity index (χ2n) is 5.85. The molecular weight excluding hydrogens is 252 g/mol. The summed E-state index contributed by atoms with van der Waals surface area (Å²) >= 11 is 0. The van der Waals surface area contributed by atoms with Gasteiger partial charge < -0.3 is 8.98 Å². The molecule has 20 heavy (non-hydrogen) atoms. The van der Waals surface area contributed by atoms with Gasteiger partial charge in [0.1, 0.15) is 12.3 Å². The number of rotatable bonds is 3. The number of hydrogen-bond acceptors (Lipinski definition) is 3. The molecule has 0 aliphatic heterocycles. The number of hydrogen-bond donors (Lipinski definition) is 0. The molecule has 3 heterocycles. The number of oxazole rings is 1. The van der Waals surface area contributed by atoms with Crippen LogP contribution in [0.3, 0.4) is 0 Å². The fraction of sp³-hybridized carbons (Fsp3) is 0.333. The molecule has 0 radical (unpaired) electrons. The van der Waals surface area contributed by atoms with E-state index in [4.69, 9.17) is 4.42 Å². The zero-order valence-electron chi connectivity index (χ0n) is 11.9. The Hall–Kier alpha value is -2.30. The van der Waals surface area contributed by atoms with Crippen LogP contribution in [0.15, 0.2) is 47.5 Å². The van der Waals surface area contributed by atoms with E-state index in [1.807, 2.05) is 46.2 Å². The second kappa shape index (κ2) is 4.67. The molecule has 0 saturated heterocycles. The van der Waals surface area contributed by atoms with Crippen LogP contribution in [-0.2, 0) is 12.0 Å². The molecule has 5 nitrogen and oxygen atoms in total. The Kier molecular flexibility index (Phi) is 2.97. The van der Waals surface area contributed by atoms with Gasteiger partial charge in [-0.05, 0) is 12.1 Å². The molecule has 0 fully saturated rings. The third-order valence-corrected chi connectivity index (χ3v) is 3.11. The van der Waals surface area contributed by atoms with E-state index in [-0.39, 0.29) is 5.41 Å². The van der Waals surface area contributed by atoms with Crippen LogP contribution in [0, 0.1) is 0 Å². The summed E-state index contributed by atoms with van der Waals surface area (Å²) < 4.78 is 9.61. The van der Waals surface area contributed by atoms with Crippen LogP contribution >= 0.6 is 0 Å². The summed E-state index contributed by atoms with van der Waals surface area (Å²) in [6.45, 7) is 6.86. The fourth-order valence-electron chi connectivity index (χ4n) is 1.95. The summed E-state index contributed by atoms with van der Waals surface area (Å²) in [5.41, 5.74) is 1.00. The molecule has 3 rings (SSSR count). The quantitative estimate of drug-likeness (QED) is 0.735. The first-order valence-electron chi connectivity index (χ1n) is 6.63. The molecule has 5 heteroatoms. The topological polar surface area (TPSA) is 48.8 Å². The molecule has 3 aromatic rings. The van der Waals surface area contributed by atoms with Crippen molar-refractivity contribution in [1.82, 2.24) is 19.3 Å². The monoisotopic (exact) mass is 270 g/mol. The van der Waals surface area contributed by atoms with Crippen LogP contribution in [-0.4, -0.2) is 19.3 Å². The lowest BCUT2D eigenvalue weighted by Gasteiger charge is -2.13. The molecule has 3 aromatic heterocycles. The van der Waals surface area contributed by atoms with Crippen molar-refractivity contribution in [3.8, 4) is 5.69 Å². The van der Waals surface area contributed by atoms with Gasteiger partial charge in [0.15, 0.2) is 0 Å². The molecule has 0 aromatic carbocycles. The van der Waals surface area contributed by atoms with E-state index < -0.39 is 0 Å². The van der Waals surface area contributed by atoms with Crippen molar-refractivity contribution in [3.05, 3.63) is 54.8 Å². The summed E-state index contributed by atoms with van der Waals surface area (Å²) in [4.78, 5) is 4.32. The SMILES string of the molecule is CC(C)(C)c1cnc(Cn2cc(-n3cccc3)cn2)o1. The lowest BCUT2D eigenvalue weighted by Crippen LogP contribution is -2.09. The maximum atomic E-state index is 5.77. The van der Waals surface area contributed by atoms with Gasteiger partial charge in [0.05, 0.1) is 18.1 Å². The summed E-state index contributed by atoms with van der Waals surface area (Å²) in [5.74, 6) is 1.57. The summed E-state index contributed by atoms with van der Waals surface area (Å²) in [6.07, 6.45) is 9.58. The third-order valence-electron chi connectivity index (χ3n) is 3.11. The first-order valence-corrected chi connectivity index (χ1v) is 6.63. The van der Waals surface area contributed by atoms with Crippen LogP contribution in [0.4, 0.5) is 0 Å².